The highest BCUT2D eigenvalue weighted by Crippen LogP contribution is 2.21. The summed E-state index contributed by atoms with van der Waals surface area (Å²) in [7, 11) is 0. The molecule has 1 fully saturated rings. The average molecular weight is 248 g/mol. The highest BCUT2D eigenvalue weighted by Gasteiger charge is 2.20. The van der Waals surface area contributed by atoms with Crippen molar-refractivity contribution in [3.8, 4) is 0 Å². The van der Waals surface area contributed by atoms with E-state index in [1.807, 2.05) is 6.07 Å². The second kappa shape index (κ2) is 5.82. The fourth-order valence-corrected chi connectivity index (χ4v) is 2.45. The van der Waals surface area contributed by atoms with Crippen LogP contribution in [0.4, 0.5) is 5.69 Å². The first-order chi connectivity index (χ1) is 8.63. The van der Waals surface area contributed by atoms with Gasteiger partial charge in [-0.05, 0) is 44.0 Å². The van der Waals surface area contributed by atoms with Gasteiger partial charge in [-0.15, -0.1) is 0 Å². The predicted octanol–water partition coefficient (Wildman–Crippen LogP) is 0.751. The smallest absolute Gasteiger partial charge is 0.217 e. The number of nitrogens with zero attached hydrogens (tertiary/aromatic N) is 2. The molecule has 1 aliphatic heterocycles. The van der Waals surface area contributed by atoms with Crippen LogP contribution in [0, 0.1) is 5.92 Å². The summed E-state index contributed by atoms with van der Waals surface area (Å²) in [4.78, 5) is 17.5. The number of rotatable bonds is 4. The minimum atomic E-state index is -0.189. The molecule has 0 bridgehead atoms. The SMILES string of the molecule is NC(=O)CC1CCN(Cc2cc(N)ccn2)CC1. The highest BCUT2D eigenvalue weighted by atomic mass is 16.1. The van der Waals surface area contributed by atoms with E-state index in [0.29, 0.717) is 12.3 Å². The number of hydrogen-bond acceptors (Lipinski definition) is 4. The molecule has 98 valence electrons. The van der Waals surface area contributed by atoms with Crippen LogP contribution in [0.15, 0.2) is 18.3 Å². The summed E-state index contributed by atoms with van der Waals surface area (Å²) in [5, 5.41) is 0. The molecule has 0 spiro atoms. The lowest BCUT2D eigenvalue weighted by Gasteiger charge is -2.31. The van der Waals surface area contributed by atoms with E-state index < -0.39 is 0 Å². The Bertz CT molecular complexity index is 413. The van der Waals surface area contributed by atoms with Crippen LogP contribution in [-0.4, -0.2) is 28.9 Å². The van der Waals surface area contributed by atoms with Crippen LogP contribution in [0.3, 0.4) is 0 Å². The van der Waals surface area contributed by atoms with Crippen LogP contribution in [0.5, 0.6) is 0 Å². The number of likely N-dealkylation sites (tertiary alicyclic amines) is 1. The number of nitrogen functional groups attached to an aromatic ring is 1. The van der Waals surface area contributed by atoms with Gasteiger partial charge in [-0.1, -0.05) is 0 Å². The summed E-state index contributed by atoms with van der Waals surface area (Å²) in [6.07, 6.45) is 4.32. The number of carbonyl (C=O) groups is 1. The highest BCUT2D eigenvalue weighted by molar-refractivity contribution is 5.73. The summed E-state index contributed by atoms with van der Waals surface area (Å²) in [6.45, 7) is 2.82. The number of pyridine rings is 1. The third-order valence-corrected chi connectivity index (χ3v) is 3.42. The number of aromatic nitrogens is 1. The van der Waals surface area contributed by atoms with Gasteiger partial charge in [0, 0.05) is 24.8 Å². The first-order valence-electron chi connectivity index (χ1n) is 6.34. The first kappa shape index (κ1) is 12.8. The molecule has 1 aromatic rings. The van der Waals surface area contributed by atoms with Crippen LogP contribution < -0.4 is 11.5 Å². The quantitative estimate of drug-likeness (QED) is 0.823. The summed E-state index contributed by atoms with van der Waals surface area (Å²) in [5.41, 5.74) is 12.7. The zero-order chi connectivity index (χ0) is 13.0. The number of amides is 1. The Hall–Kier alpha value is -1.62. The van der Waals surface area contributed by atoms with Gasteiger partial charge in [0.15, 0.2) is 0 Å². The Balaban J connectivity index is 1.81. The predicted molar refractivity (Wildman–Crippen MR) is 70.5 cm³/mol. The maximum atomic E-state index is 10.9. The Kier molecular flexibility index (Phi) is 4.15. The van der Waals surface area contributed by atoms with Gasteiger partial charge in [-0.25, -0.2) is 0 Å². The normalized spacial score (nSPS) is 17.8. The van der Waals surface area contributed by atoms with E-state index in [-0.39, 0.29) is 5.91 Å². The minimum absolute atomic E-state index is 0.189. The van der Waals surface area contributed by atoms with Gasteiger partial charge >= 0.3 is 0 Å². The number of anilines is 1. The second-order valence-electron chi connectivity index (χ2n) is 4.97. The maximum Gasteiger partial charge on any atom is 0.217 e. The molecule has 5 heteroatoms. The van der Waals surface area contributed by atoms with Crippen LogP contribution >= 0.6 is 0 Å². The summed E-state index contributed by atoms with van der Waals surface area (Å²) in [6, 6.07) is 3.71. The molecule has 5 nitrogen and oxygen atoms in total. The Labute approximate surface area is 107 Å². The molecule has 1 aromatic heterocycles. The zero-order valence-electron chi connectivity index (χ0n) is 10.5. The van der Waals surface area contributed by atoms with Gasteiger partial charge in [0.2, 0.25) is 5.91 Å². The second-order valence-corrected chi connectivity index (χ2v) is 4.97. The van der Waals surface area contributed by atoms with Crippen molar-refractivity contribution in [3.63, 3.8) is 0 Å². The third kappa shape index (κ3) is 3.70. The average Bonchev–Trinajstić information content (AvgIpc) is 2.31. The molecule has 2 heterocycles. The molecule has 0 aliphatic carbocycles. The number of hydrogen-bond donors (Lipinski definition) is 2. The molecule has 2 rings (SSSR count). The number of carbonyl (C=O) groups excluding carboxylic acids is 1. The van der Waals surface area contributed by atoms with Gasteiger partial charge in [0.1, 0.15) is 0 Å². The van der Waals surface area contributed by atoms with Crippen LogP contribution in [-0.2, 0) is 11.3 Å². The molecule has 18 heavy (non-hydrogen) atoms. The topological polar surface area (TPSA) is 85.2 Å². The van der Waals surface area contributed by atoms with Gasteiger partial charge in [0.25, 0.3) is 0 Å². The van der Waals surface area contributed by atoms with Gasteiger partial charge < -0.3 is 11.5 Å². The molecule has 0 aromatic carbocycles. The molecule has 0 saturated carbocycles. The lowest BCUT2D eigenvalue weighted by molar-refractivity contribution is -0.119. The summed E-state index contributed by atoms with van der Waals surface area (Å²) < 4.78 is 0. The molecule has 4 N–H and O–H groups in total. The lowest BCUT2D eigenvalue weighted by atomic mass is 9.93. The number of piperidine rings is 1. The van der Waals surface area contributed by atoms with E-state index in [9.17, 15) is 4.79 Å². The van der Waals surface area contributed by atoms with Crippen molar-refractivity contribution < 1.29 is 4.79 Å². The van der Waals surface area contributed by atoms with Crippen molar-refractivity contribution in [3.05, 3.63) is 24.0 Å². The molecular weight excluding hydrogens is 228 g/mol. The van der Waals surface area contributed by atoms with E-state index in [0.717, 1.165) is 43.9 Å². The molecular formula is C13H20N4O. The lowest BCUT2D eigenvalue weighted by Crippen LogP contribution is -2.34. The summed E-state index contributed by atoms with van der Waals surface area (Å²) >= 11 is 0. The fraction of sp³-hybridized carbons (Fsp3) is 0.538. The van der Waals surface area contributed by atoms with Crippen molar-refractivity contribution >= 4 is 11.6 Å². The number of nitrogens with two attached hydrogens (primary N) is 2. The molecule has 1 aliphatic rings. The first-order valence-corrected chi connectivity index (χ1v) is 6.34. The van der Waals surface area contributed by atoms with E-state index >= 15 is 0 Å². The minimum Gasteiger partial charge on any atom is -0.399 e. The van der Waals surface area contributed by atoms with Gasteiger partial charge in [-0.3, -0.25) is 14.7 Å². The van der Waals surface area contributed by atoms with Crippen molar-refractivity contribution in [2.45, 2.75) is 25.8 Å². The van der Waals surface area contributed by atoms with Crippen molar-refractivity contribution in [2.75, 3.05) is 18.8 Å². The monoisotopic (exact) mass is 248 g/mol. The molecule has 0 radical (unpaired) electrons. The largest absolute Gasteiger partial charge is 0.399 e. The molecule has 1 saturated heterocycles. The van der Waals surface area contributed by atoms with Crippen LogP contribution in [0.2, 0.25) is 0 Å². The van der Waals surface area contributed by atoms with Gasteiger partial charge in [-0.2, -0.15) is 0 Å². The van der Waals surface area contributed by atoms with E-state index in [1.54, 1.807) is 12.3 Å². The van der Waals surface area contributed by atoms with Crippen molar-refractivity contribution in [1.82, 2.24) is 9.88 Å². The van der Waals surface area contributed by atoms with Crippen LogP contribution in [0.1, 0.15) is 25.0 Å². The van der Waals surface area contributed by atoms with Crippen molar-refractivity contribution in [1.29, 1.82) is 0 Å². The summed E-state index contributed by atoms with van der Waals surface area (Å²) in [5.74, 6) is 0.263. The molecule has 1 amide bonds. The van der Waals surface area contributed by atoms with Gasteiger partial charge in [0.05, 0.1) is 5.69 Å². The zero-order valence-corrected chi connectivity index (χ0v) is 10.5. The van der Waals surface area contributed by atoms with E-state index in [2.05, 4.69) is 9.88 Å². The van der Waals surface area contributed by atoms with Crippen LogP contribution in [0.25, 0.3) is 0 Å². The fourth-order valence-electron chi connectivity index (χ4n) is 2.45. The maximum absolute atomic E-state index is 10.9. The molecule has 0 atom stereocenters. The standard InChI is InChI=1S/C13H20N4O/c14-11-1-4-16-12(8-11)9-17-5-2-10(3-6-17)7-13(15)18/h1,4,8,10H,2-3,5-7,9H2,(H2,14,16)(H2,15,18). The Morgan fingerprint density at radius 3 is 2.78 bits per heavy atom. The van der Waals surface area contributed by atoms with E-state index in [1.165, 1.54) is 0 Å². The Morgan fingerprint density at radius 2 is 2.17 bits per heavy atom. The third-order valence-electron chi connectivity index (χ3n) is 3.42. The Morgan fingerprint density at radius 1 is 1.44 bits per heavy atom. The van der Waals surface area contributed by atoms with Crippen molar-refractivity contribution in [2.24, 2.45) is 11.7 Å². The molecule has 0 unspecified atom stereocenters. The van der Waals surface area contributed by atoms with E-state index in [4.69, 9.17) is 11.5 Å². The number of primary amides is 1.